The highest BCUT2D eigenvalue weighted by atomic mass is 16.5. The van der Waals surface area contributed by atoms with E-state index < -0.39 is 5.97 Å². The molecule has 1 aromatic rings. The maximum atomic E-state index is 11.8. The highest BCUT2D eigenvalue weighted by molar-refractivity contribution is 5.93. The Morgan fingerprint density at radius 1 is 1.35 bits per heavy atom. The Kier molecular flexibility index (Phi) is 5.96. The molecule has 110 valence electrons. The van der Waals surface area contributed by atoms with Crippen LogP contribution in [0.1, 0.15) is 37.6 Å². The number of rotatable bonds is 7. The van der Waals surface area contributed by atoms with E-state index >= 15 is 0 Å². The number of hydrogen-bond donors (Lipinski definition) is 2. The van der Waals surface area contributed by atoms with Crippen LogP contribution in [0.2, 0.25) is 0 Å². The van der Waals surface area contributed by atoms with Crippen molar-refractivity contribution in [3.05, 3.63) is 23.9 Å². The van der Waals surface area contributed by atoms with Crippen molar-refractivity contribution in [1.82, 2.24) is 10.3 Å². The van der Waals surface area contributed by atoms with Gasteiger partial charge in [-0.1, -0.05) is 6.92 Å². The molecule has 0 aliphatic carbocycles. The van der Waals surface area contributed by atoms with Gasteiger partial charge >= 0.3 is 5.97 Å². The van der Waals surface area contributed by atoms with Crippen LogP contribution in [0.4, 0.5) is 0 Å². The van der Waals surface area contributed by atoms with Gasteiger partial charge < -0.3 is 15.2 Å². The van der Waals surface area contributed by atoms with Crippen LogP contribution in [0.15, 0.2) is 18.3 Å². The summed E-state index contributed by atoms with van der Waals surface area (Å²) in [7, 11) is 0. The number of ether oxygens (including phenoxy) is 1. The molecule has 0 saturated heterocycles. The first kappa shape index (κ1) is 15.9. The number of nitrogens with zero attached hydrogens (tertiary/aromatic N) is 1. The summed E-state index contributed by atoms with van der Waals surface area (Å²) >= 11 is 0. The fourth-order valence-corrected chi connectivity index (χ4v) is 1.57. The first-order chi connectivity index (χ1) is 9.38. The molecular formula is C14H20N2O4. The maximum absolute atomic E-state index is 11.8. The van der Waals surface area contributed by atoms with E-state index in [4.69, 9.17) is 9.84 Å². The van der Waals surface area contributed by atoms with Gasteiger partial charge in [0.2, 0.25) is 5.88 Å². The smallest absolute Gasteiger partial charge is 0.303 e. The summed E-state index contributed by atoms with van der Waals surface area (Å²) < 4.78 is 5.38. The minimum Gasteiger partial charge on any atom is -0.481 e. The first-order valence-electron chi connectivity index (χ1n) is 6.51. The summed E-state index contributed by atoms with van der Waals surface area (Å²) in [5, 5.41) is 11.3. The Bertz CT molecular complexity index is 457. The summed E-state index contributed by atoms with van der Waals surface area (Å²) in [5.41, 5.74) is 0.420. The van der Waals surface area contributed by atoms with E-state index in [9.17, 15) is 9.59 Å². The van der Waals surface area contributed by atoms with Crippen LogP contribution in [-0.2, 0) is 4.79 Å². The van der Waals surface area contributed by atoms with Crippen molar-refractivity contribution < 1.29 is 19.4 Å². The summed E-state index contributed by atoms with van der Waals surface area (Å²) in [6.45, 7) is 5.87. The molecule has 0 radical (unpaired) electrons. The van der Waals surface area contributed by atoms with Gasteiger partial charge in [-0.15, -0.1) is 0 Å². The van der Waals surface area contributed by atoms with Crippen LogP contribution >= 0.6 is 0 Å². The van der Waals surface area contributed by atoms with E-state index in [-0.39, 0.29) is 24.3 Å². The van der Waals surface area contributed by atoms with E-state index in [0.717, 1.165) is 0 Å². The zero-order valence-electron chi connectivity index (χ0n) is 11.9. The summed E-state index contributed by atoms with van der Waals surface area (Å²) in [6.07, 6.45) is 1.49. The number of aliphatic carboxylic acids is 1. The monoisotopic (exact) mass is 280 g/mol. The zero-order valence-corrected chi connectivity index (χ0v) is 11.9. The molecule has 1 aromatic heterocycles. The van der Waals surface area contributed by atoms with Crippen LogP contribution in [0.5, 0.6) is 5.88 Å². The SMILES string of the molecule is CC(CNC(=O)c1ccc(OC(C)C)nc1)CC(=O)O. The lowest BCUT2D eigenvalue weighted by Crippen LogP contribution is -2.29. The normalized spacial score (nSPS) is 12.0. The highest BCUT2D eigenvalue weighted by Crippen LogP contribution is 2.09. The molecule has 6 nitrogen and oxygen atoms in total. The van der Waals surface area contributed by atoms with Crippen molar-refractivity contribution in [2.45, 2.75) is 33.3 Å². The molecule has 0 bridgehead atoms. The lowest BCUT2D eigenvalue weighted by Gasteiger charge is -2.11. The van der Waals surface area contributed by atoms with Gasteiger partial charge in [-0.2, -0.15) is 0 Å². The van der Waals surface area contributed by atoms with E-state index in [0.29, 0.717) is 18.0 Å². The standard InChI is InChI=1S/C14H20N2O4/c1-9(2)20-12-5-4-11(8-15-12)14(19)16-7-10(3)6-13(17)18/h4-5,8-10H,6-7H2,1-3H3,(H,16,19)(H,17,18). The highest BCUT2D eigenvalue weighted by Gasteiger charge is 2.11. The predicted molar refractivity (Wildman–Crippen MR) is 73.8 cm³/mol. The lowest BCUT2D eigenvalue weighted by atomic mass is 10.1. The number of carboxylic acid groups (broad SMARTS) is 1. The van der Waals surface area contributed by atoms with Gasteiger partial charge in [0.25, 0.3) is 5.91 Å². The minimum absolute atomic E-state index is 0.0269. The molecule has 1 heterocycles. The van der Waals surface area contributed by atoms with Crippen LogP contribution in [0, 0.1) is 5.92 Å². The Balaban J connectivity index is 2.49. The molecule has 0 saturated carbocycles. The molecule has 1 amide bonds. The second-order valence-corrected chi connectivity index (χ2v) is 4.96. The van der Waals surface area contributed by atoms with E-state index in [1.807, 2.05) is 13.8 Å². The first-order valence-corrected chi connectivity index (χ1v) is 6.51. The molecule has 0 fully saturated rings. The largest absolute Gasteiger partial charge is 0.481 e. The number of hydrogen-bond acceptors (Lipinski definition) is 4. The number of amides is 1. The third kappa shape index (κ3) is 5.69. The molecule has 0 aliphatic heterocycles. The third-order valence-corrected chi connectivity index (χ3v) is 2.49. The van der Waals surface area contributed by atoms with Crippen LogP contribution in [-0.4, -0.2) is 34.6 Å². The van der Waals surface area contributed by atoms with Crippen molar-refractivity contribution in [2.75, 3.05) is 6.54 Å². The zero-order chi connectivity index (χ0) is 15.1. The maximum Gasteiger partial charge on any atom is 0.303 e. The Hall–Kier alpha value is -2.11. The van der Waals surface area contributed by atoms with Gasteiger partial charge in [-0.05, 0) is 25.8 Å². The average Bonchev–Trinajstić information content (AvgIpc) is 2.35. The lowest BCUT2D eigenvalue weighted by molar-refractivity contribution is -0.137. The number of carbonyl (C=O) groups excluding carboxylic acids is 1. The third-order valence-electron chi connectivity index (χ3n) is 2.49. The predicted octanol–water partition coefficient (Wildman–Crippen LogP) is 1.71. The van der Waals surface area contributed by atoms with Crippen molar-refractivity contribution in [3.8, 4) is 5.88 Å². The molecule has 0 aromatic carbocycles. The fourth-order valence-electron chi connectivity index (χ4n) is 1.57. The topological polar surface area (TPSA) is 88.5 Å². The molecule has 2 N–H and O–H groups in total. The van der Waals surface area contributed by atoms with Crippen molar-refractivity contribution >= 4 is 11.9 Å². The Morgan fingerprint density at radius 2 is 2.05 bits per heavy atom. The van der Waals surface area contributed by atoms with Crippen LogP contribution in [0.3, 0.4) is 0 Å². The average molecular weight is 280 g/mol. The molecule has 0 aliphatic rings. The fraction of sp³-hybridized carbons (Fsp3) is 0.500. The quantitative estimate of drug-likeness (QED) is 0.793. The van der Waals surface area contributed by atoms with Gasteiger partial charge in [-0.25, -0.2) is 4.98 Å². The molecule has 1 unspecified atom stereocenters. The number of aromatic nitrogens is 1. The number of nitrogens with one attached hydrogen (secondary N) is 1. The second kappa shape index (κ2) is 7.47. The molecular weight excluding hydrogens is 260 g/mol. The van der Waals surface area contributed by atoms with Crippen molar-refractivity contribution in [2.24, 2.45) is 5.92 Å². The number of pyridine rings is 1. The number of carbonyl (C=O) groups is 2. The molecule has 1 rings (SSSR count). The molecule has 1 atom stereocenters. The van der Waals surface area contributed by atoms with Gasteiger partial charge in [-0.3, -0.25) is 9.59 Å². The van der Waals surface area contributed by atoms with Crippen molar-refractivity contribution in [1.29, 1.82) is 0 Å². The molecule has 0 spiro atoms. The Labute approximate surface area is 118 Å². The van der Waals surface area contributed by atoms with Crippen LogP contribution in [0.25, 0.3) is 0 Å². The Morgan fingerprint density at radius 3 is 2.55 bits per heavy atom. The molecule has 6 heteroatoms. The van der Waals surface area contributed by atoms with E-state index in [1.165, 1.54) is 6.20 Å². The van der Waals surface area contributed by atoms with Gasteiger partial charge in [0.05, 0.1) is 11.7 Å². The minimum atomic E-state index is -0.872. The van der Waals surface area contributed by atoms with E-state index in [2.05, 4.69) is 10.3 Å². The summed E-state index contributed by atoms with van der Waals surface area (Å²) in [5.74, 6) is -0.793. The second-order valence-electron chi connectivity index (χ2n) is 4.96. The van der Waals surface area contributed by atoms with Gasteiger partial charge in [0.1, 0.15) is 0 Å². The van der Waals surface area contributed by atoms with E-state index in [1.54, 1.807) is 19.1 Å². The van der Waals surface area contributed by atoms with Gasteiger partial charge in [0.15, 0.2) is 0 Å². The summed E-state index contributed by atoms with van der Waals surface area (Å²) in [6, 6.07) is 3.26. The molecule has 20 heavy (non-hydrogen) atoms. The van der Waals surface area contributed by atoms with Crippen LogP contribution < -0.4 is 10.1 Å². The number of carboxylic acids is 1. The summed E-state index contributed by atoms with van der Waals surface area (Å²) in [4.78, 5) is 26.4. The van der Waals surface area contributed by atoms with Gasteiger partial charge in [0, 0.05) is 25.2 Å². The van der Waals surface area contributed by atoms with Crippen molar-refractivity contribution in [3.63, 3.8) is 0 Å².